The van der Waals surface area contributed by atoms with Crippen molar-refractivity contribution < 1.29 is 19.1 Å². The quantitative estimate of drug-likeness (QED) is 0.599. The molecule has 9 nitrogen and oxygen atoms in total. The van der Waals surface area contributed by atoms with Gasteiger partial charge in [0.05, 0.1) is 29.4 Å². The van der Waals surface area contributed by atoms with Gasteiger partial charge in [-0.3, -0.25) is 14.8 Å². The maximum absolute atomic E-state index is 13.1. The van der Waals surface area contributed by atoms with Gasteiger partial charge in [-0.15, -0.1) is 11.8 Å². The standard InChI is InChI=1S/C22H27N5O4S/c1-4-27-17(11-14(2)25-27)20(28)24-22-23-16-12-15(21(29)30-3)13-18-19(16)26(22)7-5-8-31-9-6-10-32-18/h11-13H,4-10H2,1-3H3,(H,23,24,28). The Hall–Kier alpha value is -2.85. The molecule has 0 aliphatic carbocycles. The third kappa shape index (κ3) is 4.51. The molecule has 0 fully saturated rings. The molecule has 1 aliphatic rings. The third-order valence-corrected chi connectivity index (χ3v) is 6.36. The van der Waals surface area contributed by atoms with Crippen LogP contribution >= 0.6 is 11.8 Å². The van der Waals surface area contributed by atoms with Crippen molar-refractivity contribution in [2.24, 2.45) is 0 Å². The van der Waals surface area contributed by atoms with Gasteiger partial charge in [-0.05, 0) is 44.9 Å². The van der Waals surface area contributed by atoms with Crippen molar-refractivity contribution in [3.8, 4) is 0 Å². The first-order valence-corrected chi connectivity index (χ1v) is 11.7. The molecule has 1 aromatic carbocycles. The molecule has 1 aliphatic heterocycles. The number of esters is 1. The summed E-state index contributed by atoms with van der Waals surface area (Å²) in [7, 11) is 1.36. The number of carbonyl (C=O) groups is 2. The van der Waals surface area contributed by atoms with E-state index in [1.54, 1.807) is 28.6 Å². The Morgan fingerprint density at radius 1 is 1.25 bits per heavy atom. The Balaban J connectivity index is 1.80. The number of hydrogen-bond acceptors (Lipinski definition) is 7. The highest BCUT2D eigenvalue weighted by molar-refractivity contribution is 7.99. The van der Waals surface area contributed by atoms with E-state index in [1.165, 1.54) is 7.11 Å². The molecule has 0 saturated heterocycles. The average molecular weight is 458 g/mol. The van der Waals surface area contributed by atoms with Crippen LogP contribution in [0.3, 0.4) is 0 Å². The van der Waals surface area contributed by atoms with Crippen molar-refractivity contribution in [3.63, 3.8) is 0 Å². The predicted octanol–water partition coefficient (Wildman–Crippen LogP) is 3.50. The van der Waals surface area contributed by atoms with Crippen molar-refractivity contribution in [3.05, 3.63) is 35.2 Å². The Bertz CT molecular complexity index is 1150. The molecular formula is C22H27N5O4S. The van der Waals surface area contributed by atoms with E-state index in [0.29, 0.717) is 49.0 Å². The fourth-order valence-corrected chi connectivity index (χ4v) is 4.84. The topological polar surface area (TPSA) is 100 Å². The van der Waals surface area contributed by atoms with Crippen LogP contribution in [0, 0.1) is 6.92 Å². The van der Waals surface area contributed by atoms with Gasteiger partial charge >= 0.3 is 5.97 Å². The van der Waals surface area contributed by atoms with Gasteiger partial charge in [-0.2, -0.15) is 5.10 Å². The molecule has 1 amide bonds. The summed E-state index contributed by atoms with van der Waals surface area (Å²) in [4.78, 5) is 31.0. The summed E-state index contributed by atoms with van der Waals surface area (Å²) in [5.74, 6) is 0.604. The summed E-state index contributed by atoms with van der Waals surface area (Å²) in [6.07, 6.45) is 1.69. The van der Waals surface area contributed by atoms with Crippen LogP contribution in [0.15, 0.2) is 23.1 Å². The Kier molecular flexibility index (Phi) is 6.80. The van der Waals surface area contributed by atoms with E-state index >= 15 is 0 Å². The van der Waals surface area contributed by atoms with Gasteiger partial charge in [-0.25, -0.2) is 9.78 Å². The molecule has 0 bridgehead atoms. The number of aryl methyl sites for hydroxylation is 3. The van der Waals surface area contributed by atoms with Crippen molar-refractivity contribution in [2.45, 2.75) is 44.7 Å². The Morgan fingerprint density at radius 2 is 2.06 bits per heavy atom. The molecule has 0 atom stereocenters. The number of nitrogens with zero attached hydrogens (tertiary/aromatic N) is 4. The second-order valence-electron chi connectivity index (χ2n) is 7.53. The number of anilines is 1. The molecule has 1 N–H and O–H groups in total. The number of benzene rings is 1. The van der Waals surface area contributed by atoms with E-state index in [9.17, 15) is 9.59 Å². The third-order valence-electron chi connectivity index (χ3n) is 5.25. The van der Waals surface area contributed by atoms with Crippen LogP contribution in [0.2, 0.25) is 0 Å². The lowest BCUT2D eigenvalue weighted by Gasteiger charge is -2.12. The molecule has 170 valence electrons. The zero-order chi connectivity index (χ0) is 22.7. The number of methoxy groups -OCH3 is 1. The SMILES string of the molecule is CCn1nc(C)cc1C(=O)Nc1nc2cc(C(=O)OC)cc3c2n1CCCOCCCS3. The number of amides is 1. The molecule has 3 heterocycles. The highest BCUT2D eigenvalue weighted by Crippen LogP contribution is 2.33. The van der Waals surface area contributed by atoms with E-state index < -0.39 is 5.97 Å². The smallest absolute Gasteiger partial charge is 0.337 e. The van der Waals surface area contributed by atoms with E-state index in [0.717, 1.165) is 34.7 Å². The molecule has 2 aromatic heterocycles. The molecule has 32 heavy (non-hydrogen) atoms. The van der Waals surface area contributed by atoms with Crippen LogP contribution in [-0.4, -0.2) is 57.3 Å². The van der Waals surface area contributed by atoms with Crippen LogP contribution < -0.4 is 5.32 Å². The maximum atomic E-state index is 13.1. The number of carbonyl (C=O) groups excluding carboxylic acids is 2. The maximum Gasteiger partial charge on any atom is 0.337 e. The lowest BCUT2D eigenvalue weighted by molar-refractivity contribution is 0.0600. The van der Waals surface area contributed by atoms with Crippen LogP contribution in [0.5, 0.6) is 0 Å². The van der Waals surface area contributed by atoms with Crippen molar-refractivity contribution in [1.82, 2.24) is 19.3 Å². The van der Waals surface area contributed by atoms with Crippen molar-refractivity contribution >= 4 is 40.6 Å². The summed E-state index contributed by atoms with van der Waals surface area (Å²) in [5.41, 5.74) is 3.25. The summed E-state index contributed by atoms with van der Waals surface area (Å²) >= 11 is 1.65. The minimum atomic E-state index is -0.413. The summed E-state index contributed by atoms with van der Waals surface area (Å²) in [5, 5.41) is 7.33. The Labute approximate surface area is 190 Å². The van der Waals surface area contributed by atoms with Gasteiger partial charge in [-0.1, -0.05) is 0 Å². The van der Waals surface area contributed by atoms with Gasteiger partial charge in [0.2, 0.25) is 5.95 Å². The number of nitrogens with one attached hydrogen (secondary N) is 1. The number of hydrogen-bond donors (Lipinski definition) is 1. The highest BCUT2D eigenvalue weighted by Gasteiger charge is 2.22. The number of thioether (sulfide) groups is 1. The highest BCUT2D eigenvalue weighted by atomic mass is 32.2. The zero-order valence-corrected chi connectivity index (χ0v) is 19.3. The fraction of sp³-hybridized carbons (Fsp3) is 0.455. The second kappa shape index (κ2) is 9.74. The molecule has 0 spiro atoms. The van der Waals surface area contributed by atoms with Crippen LogP contribution in [0.4, 0.5) is 5.95 Å². The van der Waals surface area contributed by atoms with Crippen LogP contribution in [0.1, 0.15) is 46.3 Å². The lowest BCUT2D eigenvalue weighted by Crippen LogP contribution is -2.20. The fourth-order valence-electron chi connectivity index (χ4n) is 3.79. The first-order valence-electron chi connectivity index (χ1n) is 10.7. The van der Waals surface area contributed by atoms with Crippen molar-refractivity contribution in [2.75, 3.05) is 31.4 Å². The largest absolute Gasteiger partial charge is 0.465 e. The molecule has 10 heteroatoms. The molecule has 3 aromatic rings. The summed E-state index contributed by atoms with van der Waals surface area (Å²) in [6.45, 7) is 6.35. The minimum Gasteiger partial charge on any atom is -0.465 e. The van der Waals surface area contributed by atoms with Crippen molar-refractivity contribution in [1.29, 1.82) is 0 Å². The van der Waals surface area contributed by atoms with Gasteiger partial charge in [0, 0.05) is 37.0 Å². The van der Waals surface area contributed by atoms with Gasteiger partial charge in [0.1, 0.15) is 5.69 Å². The molecule has 0 saturated carbocycles. The predicted molar refractivity (Wildman–Crippen MR) is 122 cm³/mol. The van der Waals surface area contributed by atoms with E-state index in [2.05, 4.69) is 10.4 Å². The van der Waals surface area contributed by atoms with Crippen LogP contribution in [0.25, 0.3) is 11.0 Å². The van der Waals surface area contributed by atoms with Gasteiger partial charge in [0.15, 0.2) is 0 Å². The number of aromatic nitrogens is 4. The second-order valence-corrected chi connectivity index (χ2v) is 8.67. The minimum absolute atomic E-state index is 0.271. The zero-order valence-electron chi connectivity index (χ0n) is 18.5. The van der Waals surface area contributed by atoms with E-state index in [4.69, 9.17) is 14.5 Å². The number of imidazole rings is 1. The molecule has 0 unspecified atom stereocenters. The summed E-state index contributed by atoms with van der Waals surface area (Å²) in [6, 6.07) is 5.32. The molecular weight excluding hydrogens is 430 g/mol. The van der Waals surface area contributed by atoms with Gasteiger partial charge in [0.25, 0.3) is 5.91 Å². The average Bonchev–Trinajstić information content (AvgIpc) is 3.32. The monoisotopic (exact) mass is 457 g/mol. The number of ether oxygens (including phenoxy) is 2. The van der Waals surface area contributed by atoms with Gasteiger partial charge < -0.3 is 14.0 Å². The molecule has 0 radical (unpaired) electrons. The number of rotatable bonds is 4. The van der Waals surface area contributed by atoms with E-state index in [1.807, 2.05) is 24.5 Å². The summed E-state index contributed by atoms with van der Waals surface area (Å²) < 4.78 is 14.3. The Morgan fingerprint density at radius 3 is 2.84 bits per heavy atom. The first-order chi connectivity index (χ1) is 15.5. The van der Waals surface area contributed by atoms with Crippen LogP contribution in [-0.2, 0) is 22.6 Å². The normalized spacial score (nSPS) is 14.7. The van der Waals surface area contributed by atoms with E-state index in [-0.39, 0.29) is 5.91 Å². The molecule has 4 rings (SSSR count). The first kappa shape index (κ1) is 22.3. The lowest BCUT2D eigenvalue weighted by atomic mass is 10.2.